The molecule has 0 bridgehead atoms. The van der Waals surface area contributed by atoms with Gasteiger partial charge in [-0.1, -0.05) is 19.8 Å². The zero-order chi connectivity index (χ0) is 13.0. The van der Waals surface area contributed by atoms with Crippen LogP contribution in [0.1, 0.15) is 51.9 Å². The van der Waals surface area contributed by atoms with Crippen LogP contribution in [0.25, 0.3) is 0 Å². The second-order valence-electron chi connectivity index (χ2n) is 6.23. The number of nitrogens with one attached hydrogen (secondary N) is 1. The van der Waals surface area contributed by atoms with E-state index in [9.17, 15) is 4.79 Å². The summed E-state index contributed by atoms with van der Waals surface area (Å²) in [6.45, 7) is 4.54. The minimum Gasteiger partial charge on any atom is -0.343 e. The van der Waals surface area contributed by atoms with Crippen LogP contribution in [0.2, 0.25) is 0 Å². The Bertz CT molecular complexity index is 279. The minimum absolute atomic E-state index is 0. The zero-order valence-electron chi connectivity index (χ0n) is 12.4. The summed E-state index contributed by atoms with van der Waals surface area (Å²) in [5, 5.41) is 3.37. The molecule has 0 aromatic carbocycles. The van der Waals surface area contributed by atoms with Gasteiger partial charge in [-0.25, -0.2) is 0 Å². The van der Waals surface area contributed by atoms with Crippen molar-refractivity contribution in [1.82, 2.24) is 10.2 Å². The Hall–Kier alpha value is -0.280. The molecule has 2 fully saturated rings. The van der Waals surface area contributed by atoms with Crippen LogP contribution in [-0.2, 0) is 4.79 Å². The van der Waals surface area contributed by atoms with Gasteiger partial charge < -0.3 is 10.2 Å². The molecular formula is C15H29ClN2O. The van der Waals surface area contributed by atoms with Crippen molar-refractivity contribution in [2.45, 2.75) is 57.9 Å². The summed E-state index contributed by atoms with van der Waals surface area (Å²) < 4.78 is 0. The lowest BCUT2D eigenvalue weighted by molar-refractivity contribution is -0.133. The van der Waals surface area contributed by atoms with Crippen LogP contribution in [-0.4, -0.2) is 37.0 Å². The van der Waals surface area contributed by atoms with Gasteiger partial charge in [0.2, 0.25) is 5.91 Å². The third-order valence-corrected chi connectivity index (χ3v) is 4.89. The van der Waals surface area contributed by atoms with E-state index in [1.165, 1.54) is 32.1 Å². The van der Waals surface area contributed by atoms with E-state index in [4.69, 9.17) is 0 Å². The molecule has 0 radical (unpaired) electrons. The summed E-state index contributed by atoms with van der Waals surface area (Å²) in [4.78, 5) is 14.3. The normalized spacial score (nSPS) is 30.7. The Labute approximate surface area is 123 Å². The molecule has 112 valence electrons. The van der Waals surface area contributed by atoms with Crippen molar-refractivity contribution in [3.63, 3.8) is 0 Å². The molecule has 2 rings (SSSR count). The monoisotopic (exact) mass is 288 g/mol. The number of carbonyl (C=O) groups is 1. The van der Waals surface area contributed by atoms with E-state index < -0.39 is 0 Å². The Morgan fingerprint density at radius 1 is 1.26 bits per heavy atom. The maximum absolute atomic E-state index is 12.3. The summed E-state index contributed by atoms with van der Waals surface area (Å²) in [7, 11) is 2.02. The van der Waals surface area contributed by atoms with Crippen LogP contribution in [0.5, 0.6) is 0 Å². The largest absolute Gasteiger partial charge is 0.343 e. The number of rotatable bonds is 4. The molecular weight excluding hydrogens is 260 g/mol. The highest BCUT2D eigenvalue weighted by molar-refractivity contribution is 5.85. The van der Waals surface area contributed by atoms with Gasteiger partial charge in [-0.15, -0.1) is 12.4 Å². The van der Waals surface area contributed by atoms with Crippen molar-refractivity contribution in [2.24, 2.45) is 11.8 Å². The summed E-state index contributed by atoms with van der Waals surface area (Å²) in [5.74, 6) is 1.77. The van der Waals surface area contributed by atoms with Crippen molar-refractivity contribution < 1.29 is 4.79 Å². The van der Waals surface area contributed by atoms with Gasteiger partial charge in [0.05, 0.1) is 0 Å². The molecule has 1 aliphatic heterocycles. The first-order chi connectivity index (χ1) is 8.68. The lowest BCUT2D eigenvalue weighted by Crippen LogP contribution is -2.42. The molecule has 3 nitrogen and oxygen atoms in total. The molecule has 0 aromatic heterocycles. The summed E-state index contributed by atoms with van der Waals surface area (Å²) in [5.41, 5.74) is 0. The Morgan fingerprint density at radius 2 is 2.00 bits per heavy atom. The Morgan fingerprint density at radius 3 is 2.63 bits per heavy atom. The molecule has 3 atom stereocenters. The van der Waals surface area contributed by atoms with Gasteiger partial charge in [0.25, 0.3) is 0 Å². The molecule has 1 N–H and O–H groups in total. The van der Waals surface area contributed by atoms with E-state index in [2.05, 4.69) is 12.2 Å². The van der Waals surface area contributed by atoms with Crippen molar-refractivity contribution in [3.05, 3.63) is 0 Å². The molecule has 0 aromatic rings. The van der Waals surface area contributed by atoms with E-state index in [0.29, 0.717) is 17.9 Å². The first-order valence-corrected chi connectivity index (χ1v) is 7.65. The van der Waals surface area contributed by atoms with Crippen molar-refractivity contribution in [1.29, 1.82) is 0 Å². The molecule has 1 amide bonds. The van der Waals surface area contributed by atoms with Crippen LogP contribution in [0.3, 0.4) is 0 Å². The number of carbonyl (C=O) groups excluding carboxylic acids is 1. The SMILES string of the molecule is CC1CCCCC1N(C)C(=O)CCC1CCNC1.Cl. The highest BCUT2D eigenvalue weighted by Gasteiger charge is 2.28. The van der Waals surface area contributed by atoms with Gasteiger partial charge in [0, 0.05) is 19.5 Å². The maximum Gasteiger partial charge on any atom is 0.222 e. The van der Waals surface area contributed by atoms with E-state index in [-0.39, 0.29) is 12.4 Å². The van der Waals surface area contributed by atoms with E-state index >= 15 is 0 Å². The first kappa shape index (κ1) is 16.8. The molecule has 2 aliphatic rings. The average Bonchev–Trinajstić information content (AvgIpc) is 2.89. The molecule has 0 spiro atoms. The van der Waals surface area contributed by atoms with Crippen LogP contribution >= 0.6 is 12.4 Å². The molecule has 3 unspecified atom stereocenters. The van der Waals surface area contributed by atoms with Gasteiger partial charge in [0.15, 0.2) is 0 Å². The molecule has 1 aliphatic carbocycles. The van der Waals surface area contributed by atoms with Crippen LogP contribution < -0.4 is 5.32 Å². The van der Waals surface area contributed by atoms with Gasteiger partial charge in [-0.05, 0) is 50.6 Å². The maximum atomic E-state index is 12.3. The number of hydrogen-bond donors (Lipinski definition) is 1. The fourth-order valence-corrected chi connectivity index (χ4v) is 3.52. The minimum atomic E-state index is 0. The van der Waals surface area contributed by atoms with Crippen LogP contribution in [0, 0.1) is 11.8 Å². The highest BCUT2D eigenvalue weighted by atomic mass is 35.5. The molecule has 19 heavy (non-hydrogen) atoms. The zero-order valence-corrected chi connectivity index (χ0v) is 13.2. The topological polar surface area (TPSA) is 32.3 Å². The van der Waals surface area contributed by atoms with E-state index in [0.717, 1.165) is 31.8 Å². The fraction of sp³-hybridized carbons (Fsp3) is 0.933. The third kappa shape index (κ3) is 4.64. The molecule has 1 saturated carbocycles. The predicted octanol–water partition coefficient (Wildman–Crippen LogP) is 2.84. The van der Waals surface area contributed by atoms with Gasteiger partial charge in [0.1, 0.15) is 0 Å². The number of amides is 1. The van der Waals surface area contributed by atoms with Crippen LogP contribution in [0.4, 0.5) is 0 Å². The van der Waals surface area contributed by atoms with E-state index in [1.807, 2.05) is 11.9 Å². The lowest BCUT2D eigenvalue weighted by Gasteiger charge is -2.36. The lowest BCUT2D eigenvalue weighted by atomic mass is 9.85. The molecule has 1 heterocycles. The number of hydrogen-bond acceptors (Lipinski definition) is 2. The summed E-state index contributed by atoms with van der Waals surface area (Å²) >= 11 is 0. The highest BCUT2D eigenvalue weighted by Crippen LogP contribution is 2.28. The van der Waals surface area contributed by atoms with Gasteiger partial charge in [-0.2, -0.15) is 0 Å². The standard InChI is InChI=1S/C15H28N2O.ClH/c1-12-5-3-4-6-14(12)17(2)15(18)8-7-13-9-10-16-11-13;/h12-14,16H,3-11H2,1-2H3;1H. The number of nitrogens with zero attached hydrogens (tertiary/aromatic N) is 1. The third-order valence-electron chi connectivity index (χ3n) is 4.89. The summed E-state index contributed by atoms with van der Waals surface area (Å²) in [6.07, 6.45) is 8.18. The van der Waals surface area contributed by atoms with Gasteiger partial charge >= 0.3 is 0 Å². The van der Waals surface area contributed by atoms with Crippen LogP contribution in [0.15, 0.2) is 0 Å². The molecule has 1 saturated heterocycles. The van der Waals surface area contributed by atoms with Gasteiger partial charge in [-0.3, -0.25) is 4.79 Å². The Kier molecular flexibility index (Phi) is 7.16. The Balaban J connectivity index is 0.00000180. The second-order valence-corrected chi connectivity index (χ2v) is 6.23. The van der Waals surface area contributed by atoms with E-state index in [1.54, 1.807) is 0 Å². The molecule has 4 heteroatoms. The quantitative estimate of drug-likeness (QED) is 0.863. The smallest absolute Gasteiger partial charge is 0.222 e. The van der Waals surface area contributed by atoms with Crippen molar-refractivity contribution in [3.8, 4) is 0 Å². The summed E-state index contributed by atoms with van der Waals surface area (Å²) in [6, 6.07) is 0.493. The fourth-order valence-electron chi connectivity index (χ4n) is 3.52. The average molecular weight is 289 g/mol. The second kappa shape index (κ2) is 8.11. The predicted molar refractivity (Wildman–Crippen MR) is 81.6 cm³/mol. The first-order valence-electron chi connectivity index (χ1n) is 7.65. The van der Waals surface area contributed by atoms with Crippen molar-refractivity contribution in [2.75, 3.05) is 20.1 Å². The number of halogens is 1. The van der Waals surface area contributed by atoms with Crippen molar-refractivity contribution >= 4 is 18.3 Å².